The van der Waals surface area contributed by atoms with Crippen LogP contribution in [0.4, 0.5) is 13.2 Å². The number of halogens is 4. The molecular formula is C25H21ClF3N3O2S. The predicted molar refractivity (Wildman–Crippen MR) is 130 cm³/mol. The van der Waals surface area contributed by atoms with E-state index in [2.05, 4.69) is 0 Å². The molecule has 0 N–H and O–H groups in total. The van der Waals surface area contributed by atoms with E-state index in [1.165, 1.54) is 23.9 Å². The molecule has 35 heavy (non-hydrogen) atoms. The van der Waals surface area contributed by atoms with Crippen LogP contribution >= 0.6 is 23.4 Å². The molecule has 2 aliphatic rings. The van der Waals surface area contributed by atoms with E-state index in [4.69, 9.17) is 11.6 Å². The number of aromatic nitrogens is 1. The van der Waals surface area contributed by atoms with Gasteiger partial charge in [-0.05, 0) is 48.7 Å². The average molecular weight is 520 g/mol. The van der Waals surface area contributed by atoms with Gasteiger partial charge in [0.15, 0.2) is 5.43 Å². The molecule has 0 spiro atoms. The first-order chi connectivity index (χ1) is 16.6. The fourth-order valence-corrected chi connectivity index (χ4v) is 5.91. The number of rotatable bonds is 2. The summed E-state index contributed by atoms with van der Waals surface area (Å²) in [5, 5.41) is 2.22. The lowest BCUT2D eigenvalue weighted by molar-refractivity contribution is -0.173. The number of carbonyl (C=O) groups is 1. The summed E-state index contributed by atoms with van der Waals surface area (Å²) in [6, 6.07) is 12.0. The van der Waals surface area contributed by atoms with Crippen molar-refractivity contribution >= 4 is 29.3 Å². The smallest absolute Gasteiger partial charge is 0.306 e. The zero-order valence-corrected chi connectivity index (χ0v) is 20.4. The van der Waals surface area contributed by atoms with Gasteiger partial charge in [0.25, 0.3) is 5.91 Å². The number of hydrogen-bond acceptors (Lipinski definition) is 4. The molecule has 10 heteroatoms. The molecule has 0 unspecified atom stereocenters. The monoisotopic (exact) mass is 519 g/mol. The molecule has 2 atom stereocenters. The number of carbonyl (C=O) groups excluding carboxylic acids is 1. The first-order valence-electron chi connectivity index (χ1n) is 10.9. The molecule has 3 aromatic rings. The minimum atomic E-state index is -4.63. The van der Waals surface area contributed by atoms with Crippen molar-refractivity contribution in [2.75, 3.05) is 11.7 Å². The van der Waals surface area contributed by atoms with E-state index < -0.39 is 29.6 Å². The normalized spacial score (nSPS) is 18.5. The van der Waals surface area contributed by atoms with Crippen LogP contribution in [0.25, 0.3) is 0 Å². The first kappa shape index (κ1) is 23.8. The lowest BCUT2D eigenvalue weighted by Crippen LogP contribution is -2.60. The number of pyridine rings is 1. The molecule has 5 rings (SSSR count). The van der Waals surface area contributed by atoms with Crippen molar-refractivity contribution in [1.29, 1.82) is 0 Å². The number of nitrogens with zero attached hydrogens (tertiary/aromatic N) is 3. The Morgan fingerprint density at radius 2 is 1.83 bits per heavy atom. The van der Waals surface area contributed by atoms with Gasteiger partial charge < -0.3 is 4.90 Å². The maximum Gasteiger partial charge on any atom is 0.408 e. The number of benzene rings is 2. The number of amides is 1. The molecule has 2 aromatic carbocycles. The highest BCUT2D eigenvalue weighted by Crippen LogP contribution is 2.43. The van der Waals surface area contributed by atoms with Gasteiger partial charge in [-0.25, -0.2) is 0 Å². The Bertz CT molecular complexity index is 1390. The summed E-state index contributed by atoms with van der Waals surface area (Å²) in [7, 11) is 0. The van der Waals surface area contributed by atoms with E-state index in [0.717, 1.165) is 33.4 Å². The third-order valence-corrected chi connectivity index (χ3v) is 7.97. The van der Waals surface area contributed by atoms with Gasteiger partial charge in [-0.15, -0.1) is 11.8 Å². The molecule has 0 radical (unpaired) electrons. The van der Waals surface area contributed by atoms with Crippen molar-refractivity contribution in [3.05, 3.63) is 97.9 Å². The van der Waals surface area contributed by atoms with Crippen LogP contribution in [-0.2, 0) is 5.75 Å². The zero-order valence-electron chi connectivity index (χ0n) is 18.8. The van der Waals surface area contributed by atoms with Crippen molar-refractivity contribution in [2.24, 2.45) is 0 Å². The molecule has 0 aliphatic carbocycles. The molecule has 0 bridgehead atoms. The Morgan fingerprint density at radius 3 is 2.57 bits per heavy atom. The van der Waals surface area contributed by atoms with E-state index in [9.17, 15) is 22.8 Å². The molecule has 5 nitrogen and oxygen atoms in total. The minimum absolute atomic E-state index is 0.0715. The van der Waals surface area contributed by atoms with Crippen LogP contribution in [-0.4, -0.2) is 34.4 Å². The first-order valence-corrected chi connectivity index (χ1v) is 12.3. The van der Waals surface area contributed by atoms with Crippen molar-refractivity contribution < 1.29 is 18.0 Å². The van der Waals surface area contributed by atoms with Gasteiger partial charge in [0.1, 0.15) is 18.4 Å². The minimum Gasteiger partial charge on any atom is -0.306 e. The van der Waals surface area contributed by atoms with Crippen molar-refractivity contribution in [3.63, 3.8) is 0 Å². The van der Waals surface area contributed by atoms with Crippen molar-refractivity contribution in [2.45, 2.75) is 42.8 Å². The Hall–Kier alpha value is -2.91. The maximum atomic E-state index is 13.8. The number of alkyl halides is 3. The largest absolute Gasteiger partial charge is 0.408 e. The van der Waals surface area contributed by atoms with Crippen LogP contribution in [0.1, 0.15) is 45.7 Å². The van der Waals surface area contributed by atoms with E-state index in [0.29, 0.717) is 10.8 Å². The van der Waals surface area contributed by atoms with Crippen LogP contribution in [0, 0.1) is 6.92 Å². The number of thioether (sulfide) groups is 1. The lowest BCUT2D eigenvalue weighted by atomic mass is 9.94. The van der Waals surface area contributed by atoms with Gasteiger partial charge in [-0.2, -0.15) is 13.2 Å². The van der Waals surface area contributed by atoms with Gasteiger partial charge in [-0.3, -0.25) is 19.3 Å². The molecule has 182 valence electrons. The predicted octanol–water partition coefficient (Wildman–Crippen LogP) is 5.51. The van der Waals surface area contributed by atoms with Crippen molar-refractivity contribution in [3.8, 4) is 0 Å². The molecule has 0 saturated carbocycles. The summed E-state index contributed by atoms with van der Waals surface area (Å²) in [6.07, 6.45) is -3.17. The van der Waals surface area contributed by atoms with Crippen LogP contribution in [0.3, 0.4) is 0 Å². The summed E-state index contributed by atoms with van der Waals surface area (Å²) in [5.74, 6) is -0.172. The van der Waals surface area contributed by atoms with Gasteiger partial charge in [0.05, 0.1) is 6.04 Å². The fraction of sp³-hybridized carbons (Fsp3) is 0.280. The quantitative estimate of drug-likeness (QED) is 0.448. The van der Waals surface area contributed by atoms with E-state index in [-0.39, 0.29) is 17.9 Å². The number of fused-ring (bicyclic) bond motifs is 3. The van der Waals surface area contributed by atoms with E-state index in [1.807, 2.05) is 36.4 Å². The van der Waals surface area contributed by atoms with Gasteiger partial charge in [-0.1, -0.05) is 35.9 Å². The van der Waals surface area contributed by atoms with Crippen LogP contribution in [0.15, 0.2) is 64.4 Å². The Morgan fingerprint density at radius 1 is 1.09 bits per heavy atom. The topological polar surface area (TPSA) is 45.6 Å². The number of hydrogen-bond donors (Lipinski definition) is 0. The maximum absolute atomic E-state index is 13.8. The van der Waals surface area contributed by atoms with E-state index >= 15 is 0 Å². The highest BCUT2D eigenvalue weighted by atomic mass is 35.5. The molecule has 3 heterocycles. The second-order valence-electron chi connectivity index (χ2n) is 8.64. The second kappa shape index (κ2) is 8.64. The highest BCUT2D eigenvalue weighted by molar-refractivity contribution is 7.98. The third kappa shape index (κ3) is 4.00. The fourth-order valence-electron chi connectivity index (χ4n) is 4.64. The SMILES string of the molecule is Cc1c2n(ccc1=O)N([C@H]1c3cc(Cl)ccc3CSc3ccccc31)CN([C@H](C)C(F)(F)F)C2=O. The second-order valence-corrected chi connectivity index (χ2v) is 10.1. The molecule has 0 fully saturated rings. The van der Waals surface area contributed by atoms with Crippen molar-refractivity contribution in [1.82, 2.24) is 9.58 Å². The Labute approximate surface area is 209 Å². The molecule has 2 aliphatic heterocycles. The third-order valence-electron chi connectivity index (χ3n) is 6.60. The lowest BCUT2D eigenvalue weighted by Gasteiger charge is -2.46. The van der Waals surface area contributed by atoms with Gasteiger partial charge in [0.2, 0.25) is 0 Å². The summed E-state index contributed by atoms with van der Waals surface area (Å²) in [4.78, 5) is 27.5. The van der Waals surface area contributed by atoms with Crippen LogP contribution in [0.5, 0.6) is 0 Å². The summed E-state index contributed by atoms with van der Waals surface area (Å²) in [5.41, 5.74) is 2.33. The van der Waals surface area contributed by atoms with Gasteiger partial charge >= 0.3 is 6.18 Å². The Kier molecular flexibility index (Phi) is 5.88. The van der Waals surface area contributed by atoms with Crippen LogP contribution < -0.4 is 10.4 Å². The van der Waals surface area contributed by atoms with Crippen LogP contribution in [0.2, 0.25) is 5.02 Å². The molecule has 1 aromatic heterocycles. The zero-order chi connectivity index (χ0) is 25.1. The summed E-state index contributed by atoms with van der Waals surface area (Å²) in [6.45, 7) is 2.10. The molecule has 0 saturated heterocycles. The summed E-state index contributed by atoms with van der Waals surface area (Å²) >= 11 is 8.02. The van der Waals surface area contributed by atoms with E-state index in [1.54, 1.807) is 22.8 Å². The summed E-state index contributed by atoms with van der Waals surface area (Å²) < 4.78 is 43.0. The standard InChI is InChI=1S/C25H21ClF3N3O2S/c1-14-20(33)9-10-31-22(14)24(34)30(15(2)25(27,28)29)13-32(31)23-18-5-3-4-6-21(18)35-12-16-7-8-17(26)11-19(16)23/h3-11,15,23H,12-13H2,1-2H3/t15-,23-/m1/s1. The highest BCUT2D eigenvalue weighted by Gasteiger charge is 2.47. The molecule has 1 amide bonds. The Balaban J connectivity index is 1.79. The average Bonchev–Trinajstić information content (AvgIpc) is 2.97. The molecular weight excluding hydrogens is 499 g/mol. The van der Waals surface area contributed by atoms with Gasteiger partial charge in [0, 0.05) is 33.5 Å².